The first kappa shape index (κ1) is 24.3. The second kappa shape index (κ2) is 11.0. The van der Waals surface area contributed by atoms with Gasteiger partial charge in [0.25, 0.3) is 0 Å². The van der Waals surface area contributed by atoms with Crippen LogP contribution < -0.4 is 10.2 Å². The highest BCUT2D eigenvalue weighted by Crippen LogP contribution is 2.37. The highest BCUT2D eigenvalue weighted by Gasteiger charge is 2.29. The number of hydrogen-bond donors (Lipinski definition) is 1. The Balaban J connectivity index is 1.83. The van der Waals surface area contributed by atoms with Gasteiger partial charge in [-0.25, -0.2) is 4.79 Å². The summed E-state index contributed by atoms with van der Waals surface area (Å²) < 4.78 is 10.2. The van der Waals surface area contributed by atoms with Crippen molar-refractivity contribution >= 4 is 23.7 Å². The summed E-state index contributed by atoms with van der Waals surface area (Å²) >= 11 is 0. The second-order valence-corrected chi connectivity index (χ2v) is 8.39. The molecular formula is C26H32N2O5. The Bertz CT molecular complexity index is 1000. The molecule has 1 N–H and O–H groups in total. The average molecular weight is 453 g/mol. The molecule has 0 fully saturated rings. The quantitative estimate of drug-likeness (QED) is 0.611. The molecule has 1 atom stereocenters. The third-order valence-electron chi connectivity index (χ3n) is 5.56. The van der Waals surface area contributed by atoms with Crippen LogP contribution in [0.3, 0.4) is 0 Å². The van der Waals surface area contributed by atoms with Gasteiger partial charge in [-0.2, -0.15) is 0 Å². The first-order valence-corrected chi connectivity index (χ1v) is 11.4. The van der Waals surface area contributed by atoms with Crippen LogP contribution in [-0.2, 0) is 25.5 Å². The summed E-state index contributed by atoms with van der Waals surface area (Å²) in [5.74, 6) is -0.223. The third-order valence-corrected chi connectivity index (χ3v) is 5.56. The molecule has 0 bridgehead atoms. The average Bonchev–Trinajstić information content (AvgIpc) is 2.77. The third kappa shape index (κ3) is 6.34. The predicted molar refractivity (Wildman–Crippen MR) is 127 cm³/mol. The zero-order chi connectivity index (χ0) is 24.0. The van der Waals surface area contributed by atoms with E-state index in [1.807, 2.05) is 42.5 Å². The zero-order valence-electron chi connectivity index (χ0n) is 19.7. The Morgan fingerprint density at radius 2 is 1.79 bits per heavy atom. The Hall–Kier alpha value is -3.35. The summed E-state index contributed by atoms with van der Waals surface area (Å²) in [4.78, 5) is 37.7. The minimum absolute atomic E-state index is 0.0295. The van der Waals surface area contributed by atoms with Gasteiger partial charge in [0.05, 0.1) is 18.8 Å². The topological polar surface area (TPSA) is 84.9 Å². The molecule has 0 spiro atoms. The minimum Gasteiger partial charge on any atom is -0.466 e. The van der Waals surface area contributed by atoms with E-state index in [1.54, 1.807) is 32.6 Å². The van der Waals surface area contributed by atoms with Crippen molar-refractivity contribution in [2.75, 3.05) is 18.1 Å². The Labute approximate surface area is 195 Å². The van der Waals surface area contributed by atoms with Gasteiger partial charge < -0.3 is 19.7 Å². The Morgan fingerprint density at radius 1 is 1.09 bits per heavy atom. The molecule has 1 unspecified atom stereocenters. The number of anilines is 1. The monoisotopic (exact) mass is 452 g/mol. The lowest BCUT2D eigenvalue weighted by molar-refractivity contribution is -0.143. The van der Waals surface area contributed by atoms with E-state index in [0.717, 1.165) is 27.9 Å². The van der Waals surface area contributed by atoms with E-state index in [1.165, 1.54) is 0 Å². The number of fused-ring (bicyclic) bond motifs is 1. The van der Waals surface area contributed by atoms with Gasteiger partial charge in [0.15, 0.2) is 0 Å². The number of benzene rings is 2. The fraction of sp³-hybridized carbons (Fsp3) is 0.423. The van der Waals surface area contributed by atoms with Crippen LogP contribution in [0.15, 0.2) is 42.5 Å². The zero-order valence-corrected chi connectivity index (χ0v) is 19.7. The number of ether oxygens (including phenoxy) is 2. The normalized spacial score (nSPS) is 15.1. The molecular weight excluding hydrogens is 420 g/mol. The first-order valence-electron chi connectivity index (χ1n) is 11.4. The van der Waals surface area contributed by atoms with Crippen LogP contribution in [0.4, 0.5) is 10.5 Å². The van der Waals surface area contributed by atoms with E-state index >= 15 is 0 Å². The number of nitrogens with one attached hydrogen (secondary N) is 1. The summed E-state index contributed by atoms with van der Waals surface area (Å²) in [6.07, 6.45) is 0.910. The van der Waals surface area contributed by atoms with Crippen molar-refractivity contribution in [1.29, 1.82) is 0 Å². The van der Waals surface area contributed by atoms with Crippen molar-refractivity contribution in [2.45, 2.75) is 59.1 Å². The molecule has 1 aliphatic heterocycles. The molecule has 3 rings (SSSR count). The summed E-state index contributed by atoms with van der Waals surface area (Å²) in [7, 11) is 0. The minimum atomic E-state index is -0.464. The van der Waals surface area contributed by atoms with Crippen molar-refractivity contribution < 1.29 is 23.9 Å². The summed E-state index contributed by atoms with van der Waals surface area (Å²) in [6, 6.07) is 13.7. The molecule has 0 saturated heterocycles. The van der Waals surface area contributed by atoms with Gasteiger partial charge in [-0.05, 0) is 68.0 Å². The summed E-state index contributed by atoms with van der Waals surface area (Å²) in [5.41, 5.74) is 4.75. The number of carbonyl (C=O) groups is 3. The van der Waals surface area contributed by atoms with E-state index in [9.17, 15) is 14.4 Å². The standard InChI is InChI=1S/C26H32N2O5/c1-5-32-25(30)13-8-19-6-9-20(10-7-19)21-11-12-24-22(16-21)23(14-15-28(24)18(4)29)27-26(31)33-17(2)3/h6-7,9-12,16-17,23H,5,8,13-15H2,1-4H3,(H,27,31). The molecule has 0 aromatic heterocycles. The van der Waals surface area contributed by atoms with Crippen LogP contribution in [0.1, 0.15) is 57.7 Å². The van der Waals surface area contributed by atoms with Gasteiger partial charge in [0.1, 0.15) is 0 Å². The second-order valence-electron chi connectivity index (χ2n) is 8.39. The van der Waals surface area contributed by atoms with Crippen LogP contribution in [0.5, 0.6) is 0 Å². The molecule has 2 aromatic carbocycles. The maximum Gasteiger partial charge on any atom is 0.407 e. The fourth-order valence-electron chi connectivity index (χ4n) is 4.00. The number of rotatable bonds is 7. The maximum atomic E-state index is 12.2. The number of alkyl carbamates (subject to hydrolysis) is 1. The number of amides is 2. The SMILES string of the molecule is CCOC(=O)CCc1ccc(-c2ccc3c(c2)C(NC(=O)OC(C)C)CCN3C(C)=O)cc1. The smallest absolute Gasteiger partial charge is 0.407 e. The number of carbonyl (C=O) groups excluding carboxylic acids is 3. The summed E-state index contributed by atoms with van der Waals surface area (Å²) in [6.45, 7) is 7.88. The van der Waals surface area contributed by atoms with Crippen LogP contribution >= 0.6 is 0 Å². The summed E-state index contributed by atoms with van der Waals surface area (Å²) in [5, 5.41) is 2.95. The fourth-order valence-corrected chi connectivity index (χ4v) is 4.00. The van der Waals surface area contributed by atoms with Crippen LogP contribution in [0.2, 0.25) is 0 Å². The van der Waals surface area contributed by atoms with Gasteiger partial charge in [0, 0.05) is 25.6 Å². The van der Waals surface area contributed by atoms with E-state index in [-0.39, 0.29) is 24.0 Å². The van der Waals surface area contributed by atoms with Crippen molar-refractivity contribution in [3.05, 3.63) is 53.6 Å². The lowest BCUT2D eigenvalue weighted by Crippen LogP contribution is -2.40. The van der Waals surface area contributed by atoms with E-state index < -0.39 is 6.09 Å². The van der Waals surface area contributed by atoms with Crippen LogP contribution in [-0.4, -0.2) is 37.2 Å². The van der Waals surface area contributed by atoms with Crippen molar-refractivity contribution in [2.24, 2.45) is 0 Å². The maximum absolute atomic E-state index is 12.2. The van der Waals surface area contributed by atoms with Gasteiger partial charge in [0.2, 0.25) is 5.91 Å². The molecule has 1 aliphatic rings. The Kier molecular flexibility index (Phi) is 8.09. The molecule has 2 amide bonds. The van der Waals surface area contributed by atoms with E-state index in [4.69, 9.17) is 9.47 Å². The lowest BCUT2D eigenvalue weighted by Gasteiger charge is -2.34. The van der Waals surface area contributed by atoms with Gasteiger partial charge in [-0.15, -0.1) is 0 Å². The molecule has 0 radical (unpaired) electrons. The number of esters is 1. The van der Waals surface area contributed by atoms with Gasteiger partial charge >= 0.3 is 12.1 Å². The largest absolute Gasteiger partial charge is 0.466 e. The first-order chi connectivity index (χ1) is 15.8. The van der Waals surface area contributed by atoms with Crippen LogP contribution in [0.25, 0.3) is 11.1 Å². The van der Waals surface area contributed by atoms with E-state index in [2.05, 4.69) is 5.32 Å². The van der Waals surface area contributed by atoms with Crippen molar-refractivity contribution in [1.82, 2.24) is 5.32 Å². The molecule has 33 heavy (non-hydrogen) atoms. The molecule has 7 heteroatoms. The molecule has 0 saturated carbocycles. The highest BCUT2D eigenvalue weighted by atomic mass is 16.6. The van der Waals surface area contributed by atoms with Crippen molar-refractivity contribution in [3.63, 3.8) is 0 Å². The number of nitrogens with zero attached hydrogens (tertiary/aromatic N) is 1. The molecule has 2 aromatic rings. The molecule has 1 heterocycles. The molecule has 7 nitrogen and oxygen atoms in total. The lowest BCUT2D eigenvalue weighted by atomic mass is 9.92. The highest BCUT2D eigenvalue weighted by molar-refractivity contribution is 5.93. The Morgan fingerprint density at radius 3 is 2.42 bits per heavy atom. The van der Waals surface area contributed by atoms with E-state index in [0.29, 0.717) is 32.4 Å². The molecule has 176 valence electrons. The van der Waals surface area contributed by atoms with Crippen LogP contribution in [0, 0.1) is 0 Å². The van der Waals surface area contributed by atoms with Gasteiger partial charge in [-0.1, -0.05) is 30.3 Å². The number of hydrogen-bond acceptors (Lipinski definition) is 5. The molecule has 0 aliphatic carbocycles. The van der Waals surface area contributed by atoms with Gasteiger partial charge in [-0.3, -0.25) is 9.59 Å². The van der Waals surface area contributed by atoms with Crippen molar-refractivity contribution in [3.8, 4) is 11.1 Å². The number of aryl methyl sites for hydroxylation is 1. The predicted octanol–water partition coefficient (Wildman–Crippen LogP) is 4.78.